The molecule has 0 radical (unpaired) electrons. The van der Waals surface area contributed by atoms with Crippen molar-refractivity contribution in [2.75, 3.05) is 10.8 Å². The molecule has 0 saturated heterocycles. The van der Waals surface area contributed by atoms with Gasteiger partial charge < -0.3 is 0 Å². The molecule has 3 nitrogen and oxygen atoms in total. The zero-order valence-corrected chi connectivity index (χ0v) is 13.6. The van der Waals surface area contributed by atoms with Crippen LogP contribution in [-0.4, -0.2) is 15.0 Å². The van der Waals surface area contributed by atoms with E-state index in [4.69, 9.17) is 0 Å². The Labute approximate surface area is 135 Å². The van der Waals surface area contributed by atoms with E-state index in [1.165, 1.54) is 22.0 Å². The van der Waals surface area contributed by atoms with Gasteiger partial charge in [0.25, 0.3) is 10.0 Å². The lowest BCUT2D eigenvalue weighted by atomic mass is 9.92. The number of benzene rings is 2. The zero-order chi connectivity index (χ0) is 16.0. The van der Waals surface area contributed by atoms with Crippen LogP contribution in [0.25, 0.3) is 0 Å². The maximum Gasteiger partial charge on any atom is 0.264 e. The number of anilines is 1. The van der Waals surface area contributed by atoms with Crippen LogP contribution in [0.4, 0.5) is 10.1 Å². The molecule has 5 heteroatoms. The summed E-state index contributed by atoms with van der Waals surface area (Å²) in [7, 11) is -3.64. The van der Waals surface area contributed by atoms with Gasteiger partial charge in [-0.25, -0.2) is 12.8 Å². The molecule has 1 heterocycles. The summed E-state index contributed by atoms with van der Waals surface area (Å²) in [5.74, 6) is -0.406. The van der Waals surface area contributed by atoms with E-state index in [-0.39, 0.29) is 0 Å². The van der Waals surface area contributed by atoms with Crippen LogP contribution in [0.5, 0.6) is 0 Å². The number of hydrogen-bond acceptors (Lipinski definition) is 2. The van der Waals surface area contributed by atoms with Crippen LogP contribution in [0.15, 0.2) is 41.3 Å². The molecule has 23 heavy (non-hydrogen) atoms. The van der Waals surface area contributed by atoms with Gasteiger partial charge in [0.1, 0.15) is 5.82 Å². The highest BCUT2D eigenvalue weighted by Gasteiger charge is 2.31. The number of rotatable bonds is 2. The van der Waals surface area contributed by atoms with Gasteiger partial charge in [-0.15, -0.1) is 0 Å². The minimum Gasteiger partial charge on any atom is -0.266 e. The number of sulfonamides is 1. The fraction of sp³-hybridized carbons (Fsp3) is 0.333. The molecule has 2 aromatic carbocycles. The Morgan fingerprint density at radius 3 is 2.43 bits per heavy atom. The van der Waals surface area contributed by atoms with Crippen molar-refractivity contribution in [3.63, 3.8) is 0 Å². The highest BCUT2D eigenvalue weighted by atomic mass is 32.2. The molecule has 0 aromatic heterocycles. The van der Waals surface area contributed by atoms with E-state index >= 15 is 0 Å². The van der Waals surface area contributed by atoms with Crippen molar-refractivity contribution in [1.82, 2.24) is 0 Å². The van der Waals surface area contributed by atoms with E-state index in [1.807, 2.05) is 6.07 Å². The van der Waals surface area contributed by atoms with Gasteiger partial charge in [0, 0.05) is 6.54 Å². The molecule has 0 bridgehead atoms. The van der Waals surface area contributed by atoms with Crippen LogP contribution in [0.1, 0.15) is 29.5 Å². The number of halogens is 1. The molecule has 0 amide bonds. The Bertz CT molecular complexity index is 877. The zero-order valence-electron chi connectivity index (χ0n) is 12.8. The number of nitrogens with zero attached hydrogens (tertiary/aromatic N) is 1. The molecule has 1 aliphatic heterocycles. The molecule has 0 fully saturated rings. The second-order valence-corrected chi connectivity index (χ2v) is 8.10. The van der Waals surface area contributed by atoms with Crippen LogP contribution in [-0.2, 0) is 29.3 Å². The van der Waals surface area contributed by atoms with Crippen molar-refractivity contribution in [3.8, 4) is 0 Å². The van der Waals surface area contributed by atoms with Crippen LogP contribution >= 0.6 is 0 Å². The molecule has 4 rings (SSSR count). The molecule has 2 aromatic rings. The molecule has 1 aliphatic carbocycles. The third-order valence-corrected chi connectivity index (χ3v) is 6.62. The van der Waals surface area contributed by atoms with Crippen molar-refractivity contribution in [2.24, 2.45) is 0 Å². The maximum atomic E-state index is 13.5. The first kappa shape index (κ1) is 14.7. The number of hydrogen-bond donors (Lipinski definition) is 0. The average molecular weight is 331 g/mol. The Hall–Kier alpha value is -1.88. The van der Waals surface area contributed by atoms with Crippen LogP contribution in [0.3, 0.4) is 0 Å². The largest absolute Gasteiger partial charge is 0.266 e. The quantitative estimate of drug-likeness (QED) is 0.845. The van der Waals surface area contributed by atoms with Gasteiger partial charge in [0.05, 0.1) is 10.6 Å². The predicted molar refractivity (Wildman–Crippen MR) is 87.7 cm³/mol. The Morgan fingerprint density at radius 1 is 0.870 bits per heavy atom. The SMILES string of the molecule is O=S(=O)(c1ccc2c(c1)CCCC2)N1CCc2ccc(F)cc21. The van der Waals surface area contributed by atoms with E-state index in [0.29, 0.717) is 23.5 Å². The third-order valence-electron chi connectivity index (χ3n) is 4.81. The van der Waals surface area contributed by atoms with Crippen molar-refractivity contribution in [3.05, 3.63) is 58.9 Å². The highest BCUT2D eigenvalue weighted by Crippen LogP contribution is 2.34. The molecule has 0 atom stereocenters. The van der Waals surface area contributed by atoms with Crippen LogP contribution in [0, 0.1) is 5.82 Å². The van der Waals surface area contributed by atoms with Gasteiger partial charge in [0.2, 0.25) is 0 Å². The maximum absolute atomic E-state index is 13.5. The molecule has 0 N–H and O–H groups in total. The van der Waals surface area contributed by atoms with E-state index in [9.17, 15) is 12.8 Å². The summed E-state index contributed by atoms with van der Waals surface area (Å²) in [6.45, 7) is 0.373. The highest BCUT2D eigenvalue weighted by molar-refractivity contribution is 7.92. The number of aryl methyl sites for hydroxylation is 2. The van der Waals surface area contributed by atoms with Gasteiger partial charge >= 0.3 is 0 Å². The first-order valence-corrected chi connectivity index (χ1v) is 9.43. The Balaban J connectivity index is 1.76. The predicted octanol–water partition coefficient (Wildman–Crippen LogP) is 3.46. The smallest absolute Gasteiger partial charge is 0.264 e. The van der Waals surface area contributed by atoms with Crippen LogP contribution in [0.2, 0.25) is 0 Å². The second-order valence-electron chi connectivity index (χ2n) is 6.24. The van der Waals surface area contributed by atoms with Gasteiger partial charge in [-0.05, 0) is 73.1 Å². The van der Waals surface area contributed by atoms with Gasteiger partial charge in [0.15, 0.2) is 0 Å². The van der Waals surface area contributed by atoms with E-state index in [2.05, 4.69) is 0 Å². The minimum atomic E-state index is -3.64. The molecule has 2 aliphatic rings. The first-order chi connectivity index (χ1) is 11.1. The van der Waals surface area contributed by atoms with E-state index in [0.717, 1.165) is 36.8 Å². The molecular formula is C18H18FNO2S. The Morgan fingerprint density at radius 2 is 1.61 bits per heavy atom. The number of fused-ring (bicyclic) bond motifs is 2. The summed E-state index contributed by atoms with van der Waals surface area (Å²) >= 11 is 0. The van der Waals surface area contributed by atoms with Gasteiger partial charge in [-0.2, -0.15) is 0 Å². The first-order valence-electron chi connectivity index (χ1n) is 7.99. The standard InChI is InChI=1S/C18H18FNO2S/c19-16-7-5-14-9-10-20(18(14)12-16)23(21,22)17-8-6-13-3-1-2-4-15(13)11-17/h5-8,11-12H,1-4,9-10H2. The fourth-order valence-corrected chi connectivity index (χ4v) is 5.12. The molecule has 0 unspecified atom stereocenters. The fourth-order valence-electron chi connectivity index (χ4n) is 3.57. The summed E-state index contributed by atoms with van der Waals surface area (Å²) in [5, 5.41) is 0. The Kier molecular flexibility index (Phi) is 3.41. The molecule has 0 saturated carbocycles. The van der Waals surface area contributed by atoms with Crippen molar-refractivity contribution < 1.29 is 12.8 Å². The average Bonchev–Trinajstić information content (AvgIpc) is 2.98. The van der Waals surface area contributed by atoms with Crippen molar-refractivity contribution >= 4 is 15.7 Å². The lowest BCUT2D eigenvalue weighted by molar-refractivity contribution is 0.591. The summed E-state index contributed by atoms with van der Waals surface area (Å²) < 4.78 is 40.9. The minimum absolute atomic E-state index is 0.315. The lowest BCUT2D eigenvalue weighted by Gasteiger charge is -2.22. The van der Waals surface area contributed by atoms with Crippen molar-refractivity contribution in [2.45, 2.75) is 37.0 Å². The van der Waals surface area contributed by atoms with Crippen LogP contribution < -0.4 is 4.31 Å². The topological polar surface area (TPSA) is 37.4 Å². The van der Waals surface area contributed by atoms with E-state index in [1.54, 1.807) is 18.2 Å². The summed E-state index contributed by atoms with van der Waals surface area (Å²) in [6.07, 6.45) is 4.85. The normalized spacial score (nSPS) is 17.0. The summed E-state index contributed by atoms with van der Waals surface area (Å²) in [5.41, 5.74) is 3.75. The molecule has 120 valence electrons. The second kappa shape index (κ2) is 5.34. The monoisotopic (exact) mass is 331 g/mol. The summed E-state index contributed by atoms with van der Waals surface area (Å²) in [6, 6.07) is 9.81. The third kappa shape index (κ3) is 2.43. The van der Waals surface area contributed by atoms with E-state index < -0.39 is 15.8 Å². The van der Waals surface area contributed by atoms with Gasteiger partial charge in [-0.3, -0.25) is 4.31 Å². The lowest BCUT2D eigenvalue weighted by Crippen LogP contribution is -2.29. The summed E-state index contributed by atoms with van der Waals surface area (Å²) in [4.78, 5) is 0.315. The van der Waals surface area contributed by atoms with Crippen molar-refractivity contribution in [1.29, 1.82) is 0 Å². The van der Waals surface area contributed by atoms with Gasteiger partial charge in [-0.1, -0.05) is 12.1 Å². The molecular weight excluding hydrogens is 313 g/mol. The molecule has 0 spiro atoms.